The van der Waals surface area contributed by atoms with Crippen LogP contribution in [0.4, 0.5) is 5.82 Å². The lowest BCUT2D eigenvalue weighted by molar-refractivity contribution is 0.0563. The summed E-state index contributed by atoms with van der Waals surface area (Å²) in [5, 5.41) is 0. The van der Waals surface area contributed by atoms with Crippen molar-refractivity contribution in [2.24, 2.45) is 0 Å². The Labute approximate surface area is 155 Å². The number of pyridine rings is 1. The lowest BCUT2D eigenvalue weighted by Crippen LogP contribution is -2.17. The van der Waals surface area contributed by atoms with Crippen LogP contribution in [0.15, 0.2) is 37.2 Å². The van der Waals surface area contributed by atoms with Crippen molar-refractivity contribution in [3.05, 3.63) is 42.7 Å². The van der Waals surface area contributed by atoms with Gasteiger partial charge in [-0.3, -0.25) is 14.1 Å². The maximum Gasteiger partial charge on any atom is 0.356 e. The van der Waals surface area contributed by atoms with Crippen LogP contribution in [0, 0.1) is 0 Å². The summed E-state index contributed by atoms with van der Waals surface area (Å²) in [6, 6.07) is 3.69. The standard InChI is InChI=1S/C16H19N6O4P/c17-15-14-16(20-9-19-15)22(10-21-14)6-8-24-11-27(23)25-7-3-13(26-27)12-1-4-18-5-2-12/h1-2,4-5,9-10,13H,3,6-8,11H2,(H2,17,19,20). The highest BCUT2D eigenvalue weighted by Gasteiger charge is 2.34. The van der Waals surface area contributed by atoms with Gasteiger partial charge in [-0.15, -0.1) is 0 Å². The minimum absolute atomic E-state index is 0.113. The fourth-order valence-corrected chi connectivity index (χ4v) is 4.40. The molecule has 1 aliphatic rings. The predicted octanol–water partition coefficient (Wildman–Crippen LogP) is 2.15. The molecule has 1 saturated heterocycles. The maximum absolute atomic E-state index is 12.8. The summed E-state index contributed by atoms with van der Waals surface area (Å²) in [7, 11) is -3.31. The molecule has 3 aromatic heterocycles. The molecule has 0 spiro atoms. The van der Waals surface area contributed by atoms with E-state index in [9.17, 15) is 4.57 Å². The van der Waals surface area contributed by atoms with Crippen molar-refractivity contribution in [2.75, 3.05) is 25.3 Å². The Balaban J connectivity index is 1.33. The van der Waals surface area contributed by atoms with Crippen LogP contribution in [-0.2, 0) is 24.9 Å². The lowest BCUT2D eigenvalue weighted by Gasteiger charge is -2.29. The number of fused-ring (bicyclic) bond motifs is 1. The zero-order valence-electron chi connectivity index (χ0n) is 14.5. The molecule has 0 radical (unpaired) electrons. The molecule has 2 N–H and O–H groups in total. The zero-order valence-corrected chi connectivity index (χ0v) is 15.4. The van der Waals surface area contributed by atoms with Crippen molar-refractivity contribution in [2.45, 2.75) is 19.1 Å². The Morgan fingerprint density at radius 2 is 2.15 bits per heavy atom. The number of nitrogens with two attached hydrogens (primary N) is 1. The van der Waals surface area contributed by atoms with Gasteiger partial charge in [0.2, 0.25) is 0 Å². The van der Waals surface area contributed by atoms with Crippen LogP contribution in [0.25, 0.3) is 11.2 Å². The second-order valence-corrected chi connectivity index (χ2v) is 7.96. The molecular formula is C16H19N6O4P. The number of rotatable bonds is 6. The normalized spacial score (nSPS) is 22.9. The summed E-state index contributed by atoms with van der Waals surface area (Å²) in [5.41, 5.74) is 7.87. The van der Waals surface area contributed by atoms with Crippen molar-refractivity contribution in [3.63, 3.8) is 0 Å². The SMILES string of the molecule is Nc1ncnc2c1ncn2CCOCP1(=O)OCCC(c2ccncc2)O1. The van der Waals surface area contributed by atoms with Crippen molar-refractivity contribution in [1.29, 1.82) is 0 Å². The Morgan fingerprint density at radius 3 is 3.00 bits per heavy atom. The zero-order chi connectivity index (χ0) is 18.7. The monoisotopic (exact) mass is 390 g/mol. The number of nitrogens with zero attached hydrogens (tertiary/aromatic N) is 5. The molecule has 2 unspecified atom stereocenters. The largest absolute Gasteiger partial charge is 0.382 e. The summed E-state index contributed by atoms with van der Waals surface area (Å²) in [6.07, 6.45) is 6.61. The number of aromatic nitrogens is 5. The van der Waals surface area contributed by atoms with Crippen LogP contribution < -0.4 is 5.73 Å². The first-order chi connectivity index (χ1) is 13.1. The summed E-state index contributed by atoms with van der Waals surface area (Å²) in [4.78, 5) is 16.3. The number of hydrogen-bond acceptors (Lipinski definition) is 9. The number of hydrogen-bond donors (Lipinski definition) is 1. The average molecular weight is 390 g/mol. The highest BCUT2D eigenvalue weighted by molar-refractivity contribution is 7.53. The quantitative estimate of drug-likeness (QED) is 0.497. The number of imidazole rings is 1. The second kappa shape index (κ2) is 7.69. The third-order valence-electron chi connectivity index (χ3n) is 4.19. The smallest absolute Gasteiger partial charge is 0.356 e. The first-order valence-corrected chi connectivity index (χ1v) is 10.2. The molecule has 10 nitrogen and oxygen atoms in total. The van der Waals surface area contributed by atoms with E-state index in [0.717, 1.165) is 5.56 Å². The van der Waals surface area contributed by atoms with E-state index < -0.39 is 7.60 Å². The number of ether oxygens (including phenoxy) is 1. The van der Waals surface area contributed by atoms with Crippen molar-refractivity contribution >= 4 is 24.6 Å². The molecule has 0 aromatic carbocycles. The second-order valence-electron chi connectivity index (χ2n) is 6.01. The van der Waals surface area contributed by atoms with Gasteiger partial charge in [-0.1, -0.05) is 0 Å². The first-order valence-electron chi connectivity index (χ1n) is 8.46. The first kappa shape index (κ1) is 18.0. The van der Waals surface area contributed by atoms with Gasteiger partial charge in [0, 0.05) is 25.4 Å². The van der Waals surface area contributed by atoms with Crippen LogP contribution in [-0.4, -0.2) is 44.1 Å². The van der Waals surface area contributed by atoms with E-state index in [1.807, 2.05) is 12.1 Å². The van der Waals surface area contributed by atoms with Gasteiger partial charge in [0.1, 0.15) is 18.2 Å². The van der Waals surface area contributed by atoms with E-state index in [2.05, 4.69) is 19.9 Å². The maximum atomic E-state index is 12.8. The third-order valence-corrected chi connectivity index (χ3v) is 5.84. The van der Waals surface area contributed by atoms with E-state index in [0.29, 0.717) is 43.2 Å². The third kappa shape index (κ3) is 3.98. The van der Waals surface area contributed by atoms with Gasteiger partial charge in [-0.05, 0) is 17.7 Å². The Kier molecular flexibility index (Phi) is 5.13. The van der Waals surface area contributed by atoms with Crippen LogP contribution in [0.1, 0.15) is 18.1 Å². The average Bonchev–Trinajstić information content (AvgIpc) is 3.11. The molecule has 142 valence electrons. The predicted molar refractivity (Wildman–Crippen MR) is 96.8 cm³/mol. The number of anilines is 1. The van der Waals surface area contributed by atoms with E-state index in [-0.39, 0.29) is 12.5 Å². The van der Waals surface area contributed by atoms with Crippen LogP contribution in [0.3, 0.4) is 0 Å². The molecule has 11 heteroatoms. The van der Waals surface area contributed by atoms with Gasteiger partial charge in [0.25, 0.3) is 0 Å². The van der Waals surface area contributed by atoms with Gasteiger partial charge in [0.05, 0.1) is 25.6 Å². The van der Waals surface area contributed by atoms with E-state index in [1.165, 1.54) is 6.33 Å². The topological polar surface area (TPSA) is 127 Å². The Hall–Kier alpha value is -2.39. The molecule has 1 fully saturated rings. The van der Waals surface area contributed by atoms with E-state index >= 15 is 0 Å². The highest BCUT2D eigenvalue weighted by Crippen LogP contribution is 2.55. The van der Waals surface area contributed by atoms with Gasteiger partial charge in [-0.2, -0.15) is 0 Å². The van der Waals surface area contributed by atoms with Crippen LogP contribution in [0.2, 0.25) is 0 Å². The van der Waals surface area contributed by atoms with Crippen molar-refractivity contribution in [1.82, 2.24) is 24.5 Å². The Bertz CT molecular complexity index is 966. The summed E-state index contributed by atoms with van der Waals surface area (Å²) >= 11 is 0. The lowest BCUT2D eigenvalue weighted by atomic mass is 10.1. The minimum atomic E-state index is -3.31. The van der Waals surface area contributed by atoms with Crippen LogP contribution in [0.5, 0.6) is 0 Å². The highest BCUT2D eigenvalue weighted by atomic mass is 31.2. The molecule has 4 rings (SSSR count). The van der Waals surface area contributed by atoms with E-state index in [4.69, 9.17) is 19.5 Å². The molecule has 0 aliphatic carbocycles. The molecule has 0 amide bonds. The molecular weight excluding hydrogens is 371 g/mol. The molecule has 4 heterocycles. The molecule has 27 heavy (non-hydrogen) atoms. The van der Waals surface area contributed by atoms with Gasteiger partial charge < -0.3 is 19.6 Å². The molecule has 0 saturated carbocycles. The van der Waals surface area contributed by atoms with Crippen molar-refractivity contribution < 1.29 is 18.3 Å². The van der Waals surface area contributed by atoms with E-state index in [1.54, 1.807) is 23.3 Å². The minimum Gasteiger partial charge on any atom is -0.382 e. The van der Waals surface area contributed by atoms with Crippen molar-refractivity contribution in [3.8, 4) is 0 Å². The summed E-state index contributed by atoms with van der Waals surface area (Å²) < 4.78 is 31.2. The molecule has 1 aliphatic heterocycles. The molecule has 2 atom stereocenters. The fraction of sp³-hybridized carbons (Fsp3) is 0.375. The summed E-state index contributed by atoms with van der Waals surface area (Å²) in [5.74, 6) is 0.329. The van der Waals surface area contributed by atoms with Gasteiger partial charge >= 0.3 is 7.60 Å². The molecule has 0 bridgehead atoms. The fourth-order valence-electron chi connectivity index (χ4n) is 2.85. The van der Waals surface area contributed by atoms with Gasteiger partial charge in [-0.25, -0.2) is 15.0 Å². The number of nitrogen functional groups attached to an aromatic ring is 1. The summed E-state index contributed by atoms with van der Waals surface area (Å²) in [6.45, 7) is 1.13. The van der Waals surface area contributed by atoms with Gasteiger partial charge in [0.15, 0.2) is 11.5 Å². The molecule has 3 aromatic rings. The Morgan fingerprint density at radius 1 is 1.30 bits per heavy atom. The van der Waals surface area contributed by atoms with Crippen LogP contribution >= 0.6 is 7.60 Å².